The molecule has 1 aliphatic heterocycles. The lowest BCUT2D eigenvalue weighted by atomic mass is 9.98. The lowest BCUT2D eigenvalue weighted by molar-refractivity contribution is 0.280. The van der Waals surface area contributed by atoms with Crippen molar-refractivity contribution in [3.8, 4) is 0 Å². The van der Waals surface area contributed by atoms with E-state index in [9.17, 15) is 8.42 Å². The van der Waals surface area contributed by atoms with Crippen LogP contribution in [-0.2, 0) is 10.0 Å². The molecule has 1 aromatic rings. The number of hydrogen-bond donors (Lipinski definition) is 2. The maximum atomic E-state index is 11.5. The summed E-state index contributed by atoms with van der Waals surface area (Å²) in [7, 11) is -3.10. The molecule has 1 heterocycles. The van der Waals surface area contributed by atoms with Gasteiger partial charge in [0.15, 0.2) is 5.96 Å². The van der Waals surface area contributed by atoms with Gasteiger partial charge in [-0.05, 0) is 43.4 Å². The molecule has 1 saturated heterocycles. The van der Waals surface area contributed by atoms with Gasteiger partial charge in [0.2, 0.25) is 10.0 Å². The van der Waals surface area contributed by atoms with Crippen LogP contribution in [0, 0.1) is 5.92 Å². The van der Waals surface area contributed by atoms with Crippen LogP contribution in [0.5, 0.6) is 0 Å². The molecule has 148 valence electrons. The van der Waals surface area contributed by atoms with E-state index in [4.69, 9.17) is 28.9 Å². The molecule has 6 nitrogen and oxygen atoms in total. The molecule has 0 amide bonds. The predicted molar refractivity (Wildman–Crippen MR) is 119 cm³/mol. The summed E-state index contributed by atoms with van der Waals surface area (Å²) < 4.78 is 24.5. The van der Waals surface area contributed by atoms with E-state index in [2.05, 4.69) is 10.3 Å². The van der Waals surface area contributed by atoms with Crippen LogP contribution in [0.1, 0.15) is 31.4 Å². The first-order chi connectivity index (χ1) is 11.7. The molecule has 0 bridgehead atoms. The molecule has 2 rings (SSSR count). The van der Waals surface area contributed by atoms with Gasteiger partial charge in [0.25, 0.3) is 0 Å². The molecule has 3 N–H and O–H groups in total. The Morgan fingerprint density at radius 3 is 2.54 bits per heavy atom. The van der Waals surface area contributed by atoms with Gasteiger partial charge in [-0.15, -0.1) is 24.0 Å². The fourth-order valence-corrected chi connectivity index (χ4v) is 4.30. The fourth-order valence-electron chi connectivity index (χ4n) is 2.85. The van der Waals surface area contributed by atoms with Gasteiger partial charge in [-0.3, -0.25) is 4.99 Å². The van der Waals surface area contributed by atoms with E-state index < -0.39 is 10.0 Å². The number of nitrogens with two attached hydrogens (primary N) is 1. The number of guanidine groups is 1. The second-order valence-corrected chi connectivity index (χ2v) is 9.19. The zero-order valence-electron chi connectivity index (χ0n) is 14.8. The normalized spacial score (nSPS) is 18.2. The Labute approximate surface area is 182 Å². The molecule has 0 aromatic heterocycles. The second kappa shape index (κ2) is 10.3. The summed E-state index contributed by atoms with van der Waals surface area (Å²) in [5, 5.41) is 4.29. The number of benzene rings is 1. The van der Waals surface area contributed by atoms with Crippen LogP contribution in [0.25, 0.3) is 0 Å². The van der Waals surface area contributed by atoms with E-state index in [0.29, 0.717) is 41.6 Å². The molecule has 1 fully saturated rings. The molecule has 0 aliphatic carbocycles. The highest BCUT2D eigenvalue weighted by Crippen LogP contribution is 2.26. The lowest BCUT2D eigenvalue weighted by Crippen LogP contribution is -2.39. The highest BCUT2D eigenvalue weighted by Gasteiger charge is 2.24. The number of halogens is 3. The molecule has 26 heavy (non-hydrogen) atoms. The second-order valence-electron chi connectivity index (χ2n) is 6.36. The SMILES string of the molecule is CC(NC(N)=NCC1CCN(S(C)(=O)=O)CC1)c1ccc(Cl)cc1Cl.I. The fraction of sp³-hybridized carbons (Fsp3) is 0.562. The van der Waals surface area contributed by atoms with E-state index in [-0.39, 0.29) is 30.0 Å². The summed E-state index contributed by atoms with van der Waals surface area (Å²) in [6, 6.07) is 5.24. The quantitative estimate of drug-likeness (QED) is 0.345. The van der Waals surface area contributed by atoms with Crippen molar-refractivity contribution in [1.29, 1.82) is 0 Å². The summed E-state index contributed by atoms with van der Waals surface area (Å²) >= 11 is 12.1. The number of aliphatic imine (C=N–C) groups is 1. The van der Waals surface area contributed by atoms with E-state index in [1.54, 1.807) is 12.1 Å². The van der Waals surface area contributed by atoms with Crippen LogP contribution in [-0.4, -0.2) is 44.6 Å². The lowest BCUT2D eigenvalue weighted by Gasteiger charge is -2.29. The molecule has 1 atom stereocenters. The Hall–Kier alpha value is -0.290. The molecule has 0 saturated carbocycles. The number of rotatable bonds is 5. The van der Waals surface area contributed by atoms with Gasteiger partial charge in [0.05, 0.1) is 12.3 Å². The predicted octanol–water partition coefficient (Wildman–Crippen LogP) is 3.25. The highest BCUT2D eigenvalue weighted by atomic mass is 127. The van der Waals surface area contributed by atoms with Gasteiger partial charge in [0, 0.05) is 29.7 Å². The van der Waals surface area contributed by atoms with Crippen LogP contribution in [0.15, 0.2) is 23.2 Å². The van der Waals surface area contributed by atoms with Gasteiger partial charge in [0.1, 0.15) is 0 Å². The minimum atomic E-state index is -3.10. The van der Waals surface area contributed by atoms with Crippen molar-refractivity contribution >= 4 is 63.2 Å². The van der Waals surface area contributed by atoms with Crippen molar-refractivity contribution in [1.82, 2.24) is 9.62 Å². The Balaban J connectivity index is 0.00000338. The van der Waals surface area contributed by atoms with Crippen molar-refractivity contribution in [3.63, 3.8) is 0 Å². The van der Waals surface area contributed by atoms with Crippen LogP contribution in [0.4, 0.5) is 0 Å². The topological polar surface area (TPSA) is 87.8 Å². The molecular formula is C16H25Cl2IN4O2S. The minimum Gasteiger partial charge on any atom is -0.370 e. The average Bonchev–Trinajstić information content (AvgIpc) is 2.52. The van der Waals surface area contributed by atoms with E-state index in [0.717, 1.165) is 18.4 Å². The minimum absolute atomic E-state index is 0. The van der Waals surface area contributed by atoms with Gasteiger partial charge in [-0.1, -0.05) is 29.3 Å². The summed E-state index contributed by atoms with van der Waals surface area (Å²) in [4.78, 5) is 4.39. The van der Waals surface area contributed by atoms with Gasteiger partial charge in [-0.25, -0.2) is 12.7 Å². The molecule has 1 aliphatic rings. The smallest absolute Gasteiger partial charge is 0.211 e. The molecule has 0 spiro atoms. The van der Waals surface area contributed by atoms with Crippen LogP contribution >= 0.6 is 47.2 Å². The van der Waals surface area contributed by atoms with Crippen molar-refractivity contribution in [3.05, 3.63) is 33.8 Å². The van der Waals surface area contributed by atoms with Crippen LogP contribution in [0.3, 0.4) is 0 Å². The van der Waals surface area contributed by atoms with Crippen molar-refractivity contribution < 1.29 is 8.42 Å². The molecule has 1 aromatic carbocycles. The zero-order chi connectivity index (χ0) is 18.6. The van der Waals surface area contributed by atoms with Crippen molar-refractivity contribution in [2.45, 2.75) is 25.8 Å². The third-order valence-electron chi connectivity index (χ3n) is 4.36. The van der Waals surface area contributed by atoms with Gasteiger partial charge in [-0.2, -0.15) is 0 Å². The number of hydrogen-bond acceptors (Lipinski definition) is 3. The Morgan fingerprint density at radius 2 is 2.00 bits per heavy atom. The summed E-state index contributed by atoms with van der Waals surface area (Å²) in [6.07, 6.45) is 2.83. The van der Waals surface area contributed by atoms with E-state index in [1.807, 2.05) is 13.0 Å². The molecule has 10 heteroatoms. The average molecular weight is 535 g/mol. The third kappa shape index (κ3) is 7.03. The summed E-state index contributed by atoms with van der Waals surface area (Å²) in [6.45, 7) is 3.62. The van der Waals surface area contributed by atoms with E-state index in [1.165, 1.54) is 10.6 Å². The molecule has 1 unspecified atom stereocenters. The first-order valence-corrected chi connectivity index (χ1v) is 10.7. The van der Waals surface area contributed by atoms with Crippen molar-refractivity contribution in [2.75, 3.05) is 25.9 Å². The first-order valence-electron chi connectivity index (χ1n) is 8.13. The molecular weight excluding hydrogens is 510 g/mol. The largest absolute Gasteiger partial charge is 0.370 e. The Bertz CT molecular complexity index is 738. The number of sulfonamides is 1. The third-order valence-corrected chi connectivity index (χ3v) is 6.22. The van der Waals surface area contributed by atoms with E-state index >= 15 is 0 Å². The standard InChI is InChI=1S/C16H24Cl2N4O2S.HI/c1-11(14-4-3-13(17)9-15(14)18)21-16(19)20-10-12-5-7-22(8-6-12)25(2,23)24;/h3-4,9,11-12H,5-8,10H2,1-2H3,(H3,19,20,21);1H. The molecule has 0 radical (unpaired) electrons. The highest BCUT2D eigenvalue weighted by molar-refractivity contribution is 14.0. The van der Waals surface area contributed by atoms with Crippen LogP contribution < -0.4 is 11.1 Å². The number of piperidine rings is 1. The maximum Gasteiger partial charge on any atom is 0.211 e. The summed E-state index contributed by atoms with van der Waals surface area (Å²) in [5.41, 5.74) is 6.86. The maximum absolute atomic E-state index is 11.5. The first kappa shape index (κ1) is 23.7. The van der Waals surface area contributed by atoms with Gasteiger partial charge < -0.3 is 11.1 Å². The Morgan fingerprint density at radius 1 is 1.38 bits per heavy atom. The monoisotopic (exact) mass is 534 g/mol. The Kier molecular flexibility index (Phi) is 9.42. The number of nitrogens with zero attached hydrogens (tertiary/aromatic N) is 2. The van der Waals surface area contributed by atoms with Crippen molar-refractivity contribution in [2.24, 2.45) is 16.6 Å². The zero-order valence-corrected chi connectivity index (χ0v) is 19.4. The number of nitrogens with one attached hydrogen (secondary N) is 1. The van der Waals surface area contributed by atoms with Crippen LogP contribution in [0.2, 0.25) is 10.0 Å². The summed E-state index contributed by atoms with van der Waals surface area (Å²) in [5.74, 6) is 0.692. The van der Waals surface area contributed by atoms with Gasteiger partial charge >= 0.3 is 0 Å².